The van der Waals surface area contributed by atoms with Gasteiger partial charge in [0.1, 0.15) is 22.8 Å². The number of aromatic nitrogens is 2. The van der Waals surface area contributed by atoms with Gasteiger partial charge < -0.3 is 36.4 Å². The van der Waals surface area contributed by atoms with Gasteiger partial charge in [0, 0.05) is 42.7 Å². The highest BCUT2D eigenvalue weighted by Crippen LogP contribution is 2.40. The molecule has 41 heavy (non-hydrogen) atoms. The highest BCUT2D eigenvalue weighted by Gasteiger charge is 2.53. The van der Waals surface area contributed by atoms with Crippen molar-refractivity contribution in [2.24, 2.45) is 5.16 Å². The van der Waals surface area contributed by atoms with E-state index in [0.29, 0.717) is 36.3 Å². The van der Waals surface area contributed by atoms with Gasteiger partial charge in [0.15, 0.2) is 23.6 Å². The number of nitrogens with two attached hydrogens (primary N) is 1. The number of nitrogen functional groups attached to an aromatic ring is 1. The first-order valence-electron chi connectivity index (χ1n) is 12.3. The fourth-order valence-electron chi connectivity index (χ4n) is 4.62. The summed E-state index contributed by atoms with van der Waals surface area (Å²) >= 11 is 2.35. The SMILES string of the molecule is Cc1c(NC=O)ccc[n+]1CC1=C(C(=O)[O-])N2C(=O)[C@@H](NC(=O)/C(=N\O[C@H]3CCNC3=O)c3csc(N)n3)[C@H]2SC1. The third kappa shape index (κ3) is 5.45. The Balaban J connectivity index is 1.35. The Labute approximate surface area is 240 Å². The van der Waals surface area contributed by atoms with Crippen LogP contribution in [0, 0.1) is 6.92 Å². The summed E-state index contributed by atoms with van der Waals surface area (Å²) in [5.74, 6) is -3.09. The molecule has 0 unspecified atom stereocenters. The Morgan fingerprint density at radius 1 is 1.41 bits per heavy atom. The van der Waals surface area contributed by atoms with E-state index in [1.54, 1.807) is 29.8 Å². The first-order chi connectivity index (χ1) is 19.7. The molecule has 15 nitrogen and oxygen atoms in total. The van der Waals surface area contributed by atoms with Crippen LogP contribution < -0.4 is 31.4 Å². The van der Waals surface area contributed by atoms with Gasteiger partial charge in [0.2, 0.25) is 18.2 Å². The Hall–Kier alpha value is -4.51. The van der Waals surface area contributed by atoms with Crippen LogP contribution in [-0.2, 0) is 35.4 Å². The molecule has 3 aliphatic rings. The number of thioether (sulfide) groups is 1. The fraction of sp³-hybridized carbons (Fsp3) is 0.333. The number of thiazole rings is 1. The van der Waals surface area contributed by atoms with Crippen LogP contribution in [0.5, 0.6) is 0 Å². The van der Waals surface area contributed by atoms with Crippen molar-refractivity contribution >= 4 is 69.7 Å². The molecule has 0 aromatic carbocycles. The zero-order chi connectivity index (χ0) is 29.3. The second-order valence-corrected chi connectivity index (χ2v) is 11.2. The predicted octanol–water partition coefficient (Wildman–Crippen LogP) is -2.40. The quantitative estimate of drug-likeness (QED) is 0.0746. The van der Waals surface area contributed by atoms with Gasteiger partial charge in [-0.1, -0.05) is 5.16 Å². The molecule has 0 aliphatic carbocycles. The molecule has 5 heterocycles. The molecule has 0 spiro atoms. The van der Waals surface area contributed by atoms with Gasteiger partial charge in [-0.05, 0) is 6.07 Å². The van der Waals surface area contributed by atoms with Gasteiger partial charge >= 0.3 is 0 Å². The molecule has 5 rings (SSSR count). The largest absolute Gasteiger partial charge is 0.543 e. The number of pyridine rings is 1. The van der Waals surface area contributed by atoms with Crippen molar-refractivity contribution < 1.29 is 38.5 Å². The van der Waals surface area contributed by atoms with Crippen LogP contribution >= 0.6 is 23.1 Å². The topological polar surface area (TPSA) is 212 Å². The zero-order valence-electron chi connectivity index (χ0n) is 21.5. The zero-order valence-corrected chi connectivity index (χ0v) is 23.1. The van der Waals surface area contributed by atoms with Gasteiger partial charge in [0.05, 0.1) is 11.7 Å². The summed E-state index contributed by atoms with van der Waals surface area (Å²) in [6.45, 7) is 2.31. The molecule has 0 radical (unpaired) electrons. The molecule has 2 fully saturated rings. The van der Waals surface area contributed by atoms with Crippen LogP contribution in [0.1, 0.15) is 17.8 Å². The first-order valence-corrected chi connectivity index (χ1v) is 14.2. The van der Waals surface area contributed by atoms with Crippen LogP contribution in [0.4, 0.5) is 10.8 Å². The first kappa shape index (κ1) is 28.0. The van der Waals surface area contributed by atoms with E-state index in [1.807, 2.05) is 0 Å². The van der Waals surface area contributed by atoms with E-state index in [9.17, 15) is 29.1 Å². The molecular weight excluding hydrogens is 576 g/mol. The van der Waals surface area contributed by atoms with Crippen molar-refractivity contribution in [1.29, 1.82) is 0 Å². The molecule has 2 aromatic heterocycles. The van der Waals surface area contributed by atoms with Crippen LogP contribution in [0.15, 0.2) is 40.1 Å². The highest BCUT2D eigenvalue weighted by molar-refractivity contribution is 8.00. The average Bonchev–Trinajstić information content (AvgIpc) is 3.56. The Morgan fingerprint density at radius 2 is 2.22 bits per heavy atom. The number of hydrogen-bond donors (Lipinski definition) is 4. The van der Waals surface area contributed by atoms with E-state index in [1.165, 1.54) is 17.1 Å². The number of carboxylic acid groups (broad SMARTS) is 1. The number of carbonyl (C=O) groups excluding carboxylic acids is 5. The average molecular weight is 601 g/mol. The fourth-order valence-corrected chi connectivity index (χ4v) is 6.50. The molecular formula is C24H24N8O7S2. The predicted molar refractivity (Wildman–Crippen MR) is 144 cm³/mol. The van der Waals surface area contributed by atoms with Gasteiger partial charge in [0.25, 0.3) is 17.7 Å². The summed E-state index contributed by atoms with van der Waals surface area (Å²) in [4.78, 5) is 71.8. The van der Waals surface area contributed by atoms with Crippen molar-refractivity contribution in [2.45, 2.75) is 37.4 Å². The van der Waals surface area contributed by atoms with E-state index in [4.69, 9.17) is 10.6 Å². The lowest BCUT2D eigenvalue weighted by Crippen LogP contribution is -2.71. The molecule has 17 heteroatoms. The van der Waals surface area contributed by atoms with Gasteiger partial charge in [-0.2, -0.15) is 4.57 Å². The Morgan fingerprint density at radius 3 is 2.88 bits per heavy atom. The highest BCUT2D eigenvalue weighted by atomic mass is 32.2. The number of β-lactam (4-membered cyclic amide) rings is 1. The number of oxime groups is 1. The number of nitrogens with one attached hydrogen (secondary N) is 3. The minimum atomic E-state index is -1.52. The number of amides is 4. The minimum absolute atomic E-state index is 0.0969. The summed E-state index contributed by atoms with van der Waals surface area (Å²) in [5.41, 5.74) is 6.94. The lowest BCUT2D eigenvalue weighted by Gasteiger charge is -2.50. The Kier molecular flexibility index (Phi) is 7.89. The van der Waals surface area contributed by atoms with E-state index >= 15 is 0 Å². The second-order valence-electron chi connectivity index (χ2n) is 9.18. The van der Waals surface area contributed by atoms with Gasteiger partial charge in [-0.15, -0.1) is 23.1 Å². The molecule has 0 saturated carbocycles. The number of aliphatic carboxylic acids is 1. The van der Waals surface area contributed by atoms with Gasteiger partial charge in [-0.3, -0.25) is 24.1 Å². The van der Waals surface area contributed by atoms with Crippen LogP contribution in [0.3, 0.4) is 0 Å². The van der Waals surface area contributed by atoms with Crippen LogP contribution in [-0.4, -0.2) is 75.5 Å². The molecule has 214 valence electrons. The second kappa shape index (κ2) is 11.5. The number of fused-ring (bicyclic) bond motifs is 1. The molecule has 4 amide bonds. The lowest BCUT2D eigenvalue weighted by atomic mass is 10.0. The molecule has 2 saturated heterocycles. The summed E-state index contributed by atoms with van der Waals surface area (Å²) in [6.07, 6.45) is 1.76. The number of carbonyl (C=O) groups is 5. The third-order valence-corrected chi connectivity index (χ3v) is 8.71. The lowest BCUT2D eigenvalue weighted by molar-refractivity contribution is -0.694. The summed E-state index contributed by atoms with van der Waals surface area (Å²) in [7, 11) is 0. The van der Waals surface area contributed by atoms with Crippen molar-refractivity contribution in [1.82, 2.24) is 20.5 Å². The number of hydrogen-bond acceptors (Lipinski definition) is 12. The normalized spacial score (nSPS) is 22.0. The Bertz CT molecular complexity index is 1510. The smallest absolute Gasteiger partial charge is 0.276 e. The maximum atomic E-state index is 13.3. The van der Waals surface area contributed by atoms with Crippen LogP contribution in [0.25, 0.3) is 0 Å². The van der Waals surface area contributed by atoms with E-state index in [-0.39, 0.29) is 40.4 Å². The van der Waals surface area contributed by atoms with Crippen molar-refractivity contribution in [3.8, 4) is 0 Å². The van der Waals surface area contributed by atoms with E-state index < -0.39 is 35.3 Å². The summed E-state index contributed by atoms with van der Waals surface area (Å²) < 4.78 is 1.75. The molecule has 5 N–H and O–H groups in total. The maximum absolute atomic E-state index is 13.3. The van der Waals surface area contributed by atoms with Gasteiger partial charge in [-0.25, -0.2) is 4.98 Å². The molecule has 0 bridgehead atoms. The number of anilines is 2. The maximum Gasteiger partial charge on any atom is 0.276 e. The number of rotatable bonds is 10. The van der Waals surface area contributed by atoms with Crippen molar-refractivity contribution in [2.75, 3.05) is 23.3 Å². The number of carboxylic acids is 1. The monoisotopic (exact) mass is 600 g/mol. The minimum Gasteiger partial charge on any atom is -0.543 e. The molecule has 3 atom stereocenters. The molecule has 2 aromatic rings. The van der Waals surface area contributed by atoms with E-state index in [0.717, 1.165) is 16.2 Å². The van der Waals surface area contributed by atoms with Crippen molar-refractivity contribution in [3.63, 3.8) is 0 Å². The van der Waals surface area contributed by atoms with Crippen LogP contribution in [0.2, 0.25) is 0 Å². The standard InChI is InChI=1S/C24H24N8O7S2/c1-11-13(27-10-33)3-2-6-31(11)7-12-8-40-22-17(21(36)32(22)18(12)23(37)38)29-20(35)16(14-9-41-24(25)28-14)30-39-15-4-5-26-19(15)34/h2-3,6,9-10,15,17,22H,4-5,7-8H2,1H3,(H5-,25,26,27,28,29,33,34,35,37,38)/b30-16-/t15-,17+,22+/m0/s1. The number of nitrogens with zero attached hydrogens (tertiary/aromatic N) is 4. The summed E-state index contributed by atoms with van der Waals surface area (Å²) in [5, 5.41) is 24.8. The molecule has 3 aliphatic heterocycles. The van der Waals surface area contributed by atoms with Crippen molar-refractivity contribution in [3.05, 3.63) is 46.4 Å². The summed E-state index contributed by atoms with van der Waals surface area (Å²) in [6, 6.07) is 2.35. The third-order valence-electron chi connectivity index (χ3n) is 6.70. The van der Waals surface area contributed by atoms with E-state index in [2.05, 4.69) is 26.1 Å².